The van der Waals surface area contributed by atoms with Crippen LogP contribution in [0.4, 0.5) is 5.69 Å². The van der Waals surface area contributed by atoms with Crippen LogP contribution in [-0.2, 0) is 13.1 Å². The van der Waals surface area contributed by atoms with Crippen LogP contribution in [0.15, 0.2) is 55.3 Å². The largest absolute Gasteiger partial charge is 0.516 e. The Bertz CT molecular complexity index is 729. The van der Waals surface area contributed by atoms with E-state index < -0.39 is 0 Å². The van der Waals surface area contributed by atoms with Crippen LogP contribution in [0.3, 0.4) is 0 Å². The molecule has 3 heteroatoms. The predicted octanol–water partition coefficient (Wildman–Crippen LogP) is 6.47. The maximum atomic E-state index is 7.33. The predicted molar refractivity (Wildman–Crippen MR) is 123 cm³/mol. The van der Waals surface area contributed by atoms with Gasteiger partial charge >= 0.3 is 0 Å². The van der Waals surface area contributed by atoms with E-state index in [4.69, 9.17) is 5.11 Å². The van der Waals surface area contributed by atoms with Crippen LogP contribution in [-0.4, -0.2) is 23.1 Å². The molecule has 28 heavy (non-hydrogen) atoms. The Balaban J connectivity index is 0.000000717. The molecule has 0 atom stereocenters. The molecule has 154 valence electrons. The minimum atomic E-state index is 0.499. The fourth-order valence-electron chi connectivity index (χ4n) is 3.43. The number of nitrogens with zero attached hydrogens (tertiary/aromatic N) is 1. The summed E-state index contributed by atoms with van der Waals surface area (Å²) < 4.78 is 0. The summed E-state index contributed by atoms with van der Waals surface area (Å²) in [5, 5.41) is 10.9. The number of aliphatic hydroxyl groups is 1. The minimum absolute atomic E-state index is 0.499. The van der Waals surface area contributed by atoms with Gasteiger partial charge in [0, 0.05) is 31.9 Å². The van der Waals surface area contributed by atoms with Crippen molar-refractivity contribution >= 4 is 5.69 Å². The summed E-state index contributed by atoms with van der Waals surface area (Å²) in [6.45, 7) is 20.3. The van der Waals surface area contributed by atoms with Crippen LogP contribution in [0.5, 0.6) is 0 Å². The molecule has 0 radical (unpaired) electrons. The zero-order valence-corrected chi connectivity index (χ0v) is 18.5. The number of rotatable bonds is 5. The van der Waals surface area contributed by atoms with Gasteiger partial charge in [-0.25, -0.2) is 0 Å². The number of anilines is 1. The highest BCUT2D eigenvalue weighted by Crippen LogP contribution is 2.30. The van der Waals surface area contributed by atoms with Gasteiger partial charge in [-0.15, -0.1) is 0 Å². The first-order valence-corrected chi connectivity index (χ1v) is 10.2. The lowest BCUT2D eigenvalue weighted by molar-refractivity contribution is 0.0242. The molecule has 0 amide bonds. The first kappa shape index (κ1) is 23.8. The summed E-state index contributed by atoms with van der Waals surface area (Å²) in [6, 6.07) is 15.5. The SMILES string of the molecule is C=CO.CC.Cc1ccc(CNc2cccc(CN3CC(C)(C)C3)c2)cc1C. The fraction of sp³-hybridized carbons (Fsp3) is 0.440. The van der Waals surface area contributed by atoms with Crippen molar-refractivity contribution in [2.45, 2.75) is 54.6 Å². The second-order valence-corrected chi connectivity index (χ2v) is 7.96. The van der Waals surface area contributed by atoms with Crippen LogP contribution >= 0.6 is 0 Å². The Morgan fingerprint density at radius 2 is 1.68 bits per heavy atom. The van der Waals surface area contributed by atoms with Gasteiger partial charge in [-0.05, 0) is 53.6 Å². The Hall–Kier alpha value is -2.26. The minimum Gasteiger partial charge on any atom is -0.516 e. The molecular formula is C25H38N2O. The standard InChI is InChI=1S/C21H28N2.C2H4O.C2H6/c1-16-8-9-18(10-17(16)2)12-22-20-7-5-6-19(11-20)13-23-14-21(3,4)15-23;1-2-3;1-2/h5-11,22H,12-15H2,1-4H3;2-3H,1H2;1-2H3. The maximum Gasteiger partial charge on any atom is 0.0719 e. The van der Waals surface area contributed by atoms with Gasteiger partial charge in [-0.1, -0.05) is 64.6 Å². The van der Waals surface area contributed by atoms with Crippen LogP contribution in [0.1, 0.15) is 49.9 Å². The van der Waals surface area contributed by atoms with Gasteiger partial charge < -0.3 is 10.4 Å². The van der Waals surface area contributed by atoms with Crippen molar-refractivity contribution in [3.8, 4) is 0 Å². The van der Waals surface area contributed by atoms with Gasteiger partial charge in [0.1, 0.15) is 0 Å². The van der Waals surface area contributed by atoms with Crippen molar-refractivity contribution in [1.82, 2.24) is 4.90 Å². The normalized spacial score (nSPS) is 14.5. The average Bonchev–Trinajstić information content (AvgIpc) is 2.64. The number of hydrogen-bond donors (Lipinski definition) is 2. The molecule has 1 fully saturated rings. The average molecular weight is 383 g/mol. The topological polar surface area (TPSA) is 35.5 Å². The molecule has 1 aliphatic rings. The second kappa shape index (κ2) is 11.6. The maximum absolute atomic E-state index is 7.33. The molecule has 0 aliphatic carbocycles. The first-order valence-electron chi connectivity index (χ1n) is 10.2. The van der Waals surface area contributed by atoms with Gasteiger partial charge in [0.25, 0.3) is 0 Å². The van der Waals surface area contributed by atoms with E-state index in [0.717, 1.165) is 19.4 Å². The lowest BCUT2D eigenvalue weighted by Gasteiger charge is -2.46. The van der Waals surface area contributed by atoms with Gasteiger partial charge in [0.05, 0.1) is 6.26 Å². The summed E-state index contributed by atoms with van der Waals surface area (Å²) in [5.74, 6) is 0. The lowest BCUT2D eigenvalue weighted by atomic mass is 9.84. The summed E-state index contributed by atoms with van der Waals surface area (Å²) in [6.07, 6.45) is 0.750. The molecule has 0 bridgehead atoms. The zero-order valence-electron chi connectivity index (χ0n) is 18.5. The van der Waals surface area contributed by atoms with Crippen molar-refractivity contribution in [1.29, 1.82) is 0 Å². The van der Waals surface area contributed by atoms with Crippen LogP contribution in [0.25, 0.3) is 0 Å². The van der Waals surface area contributed by atoms with E-state index in [1.165, 1.54) is 41.0 Å². The van der Waals surface area contributed by atoms with Crippen LogP contribution < -0.4 is 5.32 Å². The molecular weight excluding hydrogens is 344 g/mol. The van der Waals surface area contributed by atoms with Gasteiger partial charge in [0.2, 0.25) is 0 Å². The molecule has 2 aromatic rings. The van der Waals surface area contributed by atoms with Crippen LogP contribution in [0.2, 0.25) is 0 Å². The van der Waals surface area contributed by atoms with Crippen molar-refractivity contribution in [3.63, 3.8) is 0 Å². The highest BCUT2D eigenvalue weighted by molar-refractivity contribution is 5.46. The number of likely N-dealkylation sites (tertiary alicyclic amines) is 1. The summed E-state index contributed by atoms with van der Waals surface area (Å²) in [7, 11) is 0. The lowest BCUT2D eigenvalue weighted by Crippen LogP contribution is -2.52. The third kappa shape index (κ3) is 7.77. The highest BCUT2D eigenvalue weighted by atomic mass is 16.2. The molecule has 1 saturated heterocycles. The fourth-order valence-corrected chi connectivity index (χ4v) is 3.43. The molecule has 3 rings (SSSR count). The molecule has 1 aliphatic heterocycles. The summed E-state index contributed by atoms with van der Waals surface area (Å²) in [5.41, 5.74) is 7.15. The molecule has 0 unspecified atom stereocenters. The van der Waals surface area contributed by atoms with Crippen molar-refractivity contribution in [2.75, 3.05) is 18.4 Å². The van der Waals surface area contributed by atoms with E-state index in [1.54, 1.807) is 0 Å². The summed E-state index contributed by atoms with van der Waals surface area (Å²) in [4.78, 5) is 2.52. The summed E-state index contributed by atoms with van der Waals surface area (Å²) >= 11 is 0. The van der Waals surface area contributed by atoms with Gasteiger partial charge in [-0.2, -0.15) is 0 Å². The van der Waals surface area contributed by atoms with Crippen LogP contribution in [0, 0.1) is 19.3 Å². The molecule has 1 heterocycles. The molecule has 0 saturated carbocycles. The van der Waals surface area contributed by atoms with E-state index in [0.29, 0.717) is 5.41 Å². The molecule has 3 nitrogen and oxygen atoms in total. The van der Waals surface area contributed by atoms with Crippen molar-refractivity contribution in [3.05, 3.63) is 77.6 Å². The molecule has 0 spiro atoms. The second-order valence-electron chi connectivity index (χ2n) is 7.96. The third-order valence-electron chi connectivity index (χ3n) is 4.70. The third-order valence-corrected chi connectivity index (χ3v) is 4.70. The number of hydrogen-bond acceptors (Lipinski definition) is 3. The Labute approximate surface area is 172 Å². The van der Waals surface area contributed by atoms with Gasteiger partial charge in [0.15, 0.2) is 0 Å². The van der Waals surface area contributed by atoms with E-state index in [2.05, 4.69) is 87.0 Å². The first-order chi connectivity index (χ1) is 13.3. The van der Waals surface area contributed by atoms with E-state index >= 15 is 0 Å². The quantitative estimate of drug-likeness (QED) is 0.582. The van der Waals surface area contributed by atoms with E-state index in [9.17, 15) is 0 Å². The number of nitrogens with one attached hydrogen (secondary N) is 1. The Morgan fingerprint density at radius 3 is 2.25 bits per heavy atom. The number of aryl methyl sites for hydroxylation is 2. The highest BCUT2D eigenvalue weighted by Gasteiger charge is 2.33. The molecule has 2 N–H and O–H groups in total. The van der Waals surface area contributed by atoms with Crippen molar-refractivity contribution in [2.24, 2.45) is 5.41 Å². The van der Waals surface area contributed by atoms with E-state index in [-0.39, 0.29) is 0 Å². The van der Waals surface area contributed by atoms with E-state index in [1.807, 2.05) is 13.8 Å². The number of benzene rings is 2. The molecule has 2 aromatic carbocycles. The number of aliphatic hydroxyl groups excluding tert-OH is 1. The molecule has 0 aromatic heterocycles. The Kier molecular flexibility index (Phi) is 9.81. The zero-order chi connectivity index (χ0) is 21.2. The van der Waals surface area contributed by atoms with Gasteiger partial charge in [-0.3, -0.25) is 4.90 Å². The Morgan fingerprint density at radius 1 is 1.04 bits per heavy atom. The van der Waals surface area contributed by atoms with Crippen molar-refractivity contribution < 1.29 is 5.11 Å². The monoisotopic (exact) mass is 382 g/mol. The smallest absolute Gasteiger partial charge is 0.0719 e.